The fraction of sp³-hybridized carbons (Fsp3) is 0.0625. The molecule has 0 saturated carbocycles. The van der Waals surface area contributed by atoms with Gasteiger partial charge in [0.15, 0.2) is 5.69 Å². The van der Waals surface area contributed by atoms with Crippen LogP contribution in [0.4, 0.5) is 0 Å². The van der Waals surface area contributed by atoms with Gasteiger partial charge in [-0.05, 0) is 43.3 Å². The molecular weight excluding hydrogens is 264 g/mol. The third-order valence-corrected chi connectivity index (χ3v) is 3.04. The Morgan fingerprint density at radius 2 is 1.57 bits per heavy atom. The minimum absolute atomic E-state index is 0.280. The molecule has 0 unspecified atom stereocenters. The van der Waals surface area contributed by atoms with Gasteiger partial charge in [-0.1, -0.05) is 17.7 Å². The number of nitrogens with zero attached hydrogens (tertiary/aromatic N) is 3. The molecule has 3 rings (SSSR count). The predicted molar refractivity (Wildman–Crippen MR) is 77.8 cm³/mol. The Morgan fingerprint density at radius 1 is 0.952 bits per heavy atom. The first-order valence-corrected chi connectivity index (χ1v) is 6.42. The van der Waals surface area contributed by atoms with Crippen molar-refractivity contribution in [1.82, 2.24) is 15.4 Å². The molecule has 1 aromatic heterocycles. The van der Waals surface area contributed by atoms with Gasteiger partial charge >= 0.3 is 0 Å². The molecule has 3 aromatic rings. The van der Waals surface area contributed by atoms with Crippen LogP contribution in [0.3, 0.4) is 0 Å². The van der Waals surface area contributed by atoms with Crippen LogP contribution in [0.2, 0.25) is 0 Å². The van der Waals surface area contributed by atoms with Gasteiger partial charge in [0.2, 0.25) is 0 Å². The van der Waals surface area contributed by atoms with Crippen molar-refractivity contribution in [3.05, 3.63) is 59.8 Å². The minimum Gasteiger partial charge on any atom is -0.457 e. The Hall–Kier alpha value is -3.13. The lowest BCUT2D eigenvalue weighted by Crippen LogP contribution is -1.86. The summed E-state index contributed by atoms with van der Waals surface area (Å²) in [7, 11) is 0. The molecule has 0 saturated heterocycles. The zero-order chi connectivity index (χ0) is 14.7. The van der Waals surface area contributed by atoms with Crippen LogP contribution < -0.4 is 4.74 Å². The van der Waals surface area contributed by atoms with Crippen molar-refractivity contribution in [1.29, 1.82) is 5.26 Å². The molecule has 2 aromatic carbocycles. The van der Waals surface area contributed by atoms with E-state index in [0.29, 0.717) is 5.69 Å². The lowest BCUT2D eigenvalue weighted by Gasteiger charge is -2.06. The Kier molecular flexibility index (Phi) is 3.36. The molecule has 1 heterocycles. The predicted octanol–water partition coefficient (Wildman–Crippen LogP) is 3.44. The molecule has 102 valence electrons. The smallest absolute Gasteiger partial charge is 0.190 e. The number of hydrogen-bond donors (Lipinski definition) is 1. The monoisotopic (exact) mass is 276 g/mol. The van der Waals surface area contributed by atoms with E-state index >= 15 is 0 Å². The second-order valence-electron chi connectivity index (χ2n) is 4.57. The molecule has 0 atom stereocenters. The Balaban J connectivity index is 1.81. The fourth-order valence-electron chi connectivity index (χ4n) is 1.93. The SMILES string of the molecule is Cc1ccc(Oc2ccc(-c3n[nH]nc3C#N)cc2)cc1. The maximum Gasteiger partial charge on any atom is 0.190 e. The van der Waals surface area contributed by atoms with Crippen LogP contribution in [0.15, 0.2) is 48.5 Å². The summed E-state index contributed by atoms with van der Waals surface area (Å²) < 4.78 is 5.75. The highest BCUT2D eigenvalue weighted by molar-refractivity contribution is 5.64. The van der Waals surface area contributed by atoms with E-state index in [1.807, 2.05) is 61.5 Å². The van der Waals surface area contributed by atoms with Gasteiger partial charge in [-0.25, -0.2) is 0 Å². The van der Waals surface area contributed by atoms with Crippen molar-refractivity contribution in [2.45, 2.75) is 6.92 Å². The fourth-order valence-corrected chi connectivity index (χ4v) is 1.93. The van der Waals surface area contributed by atoms with Gasteiger partial charge in [0.25, 0.3) is 0 Å². The van der Waals surface area contributed by atoms with Crippen LogP contribution in [0.1, 0.15) is 11.3 Å². The van der Waals surface area contributed by atoms with Crippen LogP contribution in [-0.2, 0) is 0 Å². The van der Waals surface area contributed by atoms with Crippen LogP contribution in [0.5, 0.6) is 11.5 Å². The molecule has 21 heavy (non-hydrogen) atoms. The van der Waals surface area contributed by atoms with Gasteiger partial charge in [-0.3, -0.25) is 0 Å². The quantitative estimate of drug-likeness (QED) is 0.795. The Morgan fingerprint density at radius 3 is 2.19 bits per heavy atom. The first-order valence-electron chi connectivity index (χ1n) is 6.42. The molecular formula is C16H12N4O. The number of hydrogen-bond acceptors (Lipinski definition) is 4. The summed E-state index contributed by atoms with van der Waals surface area (Å²) in [5.74, 6) is 1.51. The third kappa shape index (κ3) is 2.74. The summed E-state index contributed by atoms with van der Waals surface area (Å²) >= 11 is 0. The number of rotatable bonds is 3. The third-order valence-electron chi connectivity index (χ3n) is 3.04. The van der Waals surface area contributed by atoms with Gasteiger partial charge in [-0.2, -0.15) is 15.6 Å². The molecule has 0 radical (unpaired) electrons. The lowest BCUT2D eigenvalue weighted by atomic mass is 10.1. The zero-order valence-corrected chi connectivity index (χ0v) is 11.4. The maximum atomic E-state index is 8.94. The molecule has 0 amide bonds. The van der Waals surface area contributed by atoms with E-state index in [2.05, 4.69) is 15.4 Å². The first kappa shape index (κ1) is 12.9. The molecule has 1 N–H and O–H groups in total. The molecule has 5 heteroatoms. The van der Waals surface area contributed by atoms with Crippen molar-refractivity contribution in [2.24, 2.45) is 0 Å². The minimum atomic E-state index is 0.280. The van der Waals surface area contributed by atoms with Crippen LogP contribution in [-0.4, -0.2) is 15.4 Å². The molecule has 0 fully saturated rings. The normalized spacial score (nSPS) is 10.1. The van der Waals surface area contributed by atoms with Gasteiger partial charge in [0.1, 0.15) is 23.3 Å². The topological polar surface area (TPSA) is 74.6 Å². The second-order valence-corrected chi connectivity index (χ2v) is 4.57. The number of aromatic nitrogens is 3. The van der Waals surface area contributed by atoms with E-state index < -0.39 is 0 Å². The number of H-pyrrole nitrogens is 1. The largest absolute Gasteiger partial charge is 0.457 e. The number of nitrogens with one attached hydrogen (secondary N) is 1. The Labute approximate surface area is 121 Å². The number of benzene rings is 2. The number of nitriles is 1. The molecule has 0 bridgehead atoms. The standard InChI is InChI=1S/C16H12N4O/c1-11-2-6-13(7-3-11)21-14-8-4-12(5-9-14)16-15(10-17)18-20-19-16/h2-9H,1H3,(H,18,19,20). The van der Waals surface area contributed by atoms with E-state index in [9.17, 15) is 0 Å². The summed E-state index contributed by atoms with van der Waals surface area (Å²) in [4.78, 5) is 0. The maximum absolute atomic E-state index is 8.94. The molecule has 0 aliphatic heterocycles. The number of ether oxygens (including phenoxy) is 1. The van der Waals surface area contributed by atoms with Gasteiger partial charge < -0.3 is 4.74 Å². The van der Waals surface area contributed by atoms with E-state index in [-0.39, 0.29) is 5.69 Å². The Bertz CT molecular complexity index is 782. The van der Waals surface area contributed by atoms with Crippen LogP contribution in [0, 0.1) is 18.3 Å². The summed E-state index contributed by atoms with van der Waals surface area (Å²) in [6, 6.07) is 17.2. The number of aromatic amines is 1. The van der Waals surface area contributed by atoms with Crippen LogP contribution >= 0.6 is 0 Å². The van der Waals surface area contributed by atoms with Crippen molar-refractivity contribution in [3.8, 4) is 28.8 Å². The van der Waals surface area contributed by atoms with Gasteiger partial charge in [-0.15, -0.1) is 5.10 Å². The van der Waals surface area contributed by atoms with E-state index in [0.717, 1.165) is 17.1 Å². The molecule has 5 nitrogen and oxygen atoms in total. The number of aryl methyl sites for hydroxylation is 1. The van der Waals surface area contributed by atoms with E-state index in [4.69, 9.17) is 10.00 Å². The summed E-state index contributed by atoms with van der Waals surface area (Å²) in [5.41, 5.74) is 2.82. The average Bonchev–Trinajstić information content (AvgIpc) is 2.99. The van der Waals surface area contributed by atoms with Crippen molar-refractivity contribution < 1.29 is 4.74 Å². The summed E-state index contributed by atoms with van der Waals surface area (Å²) in [6.07, 6.45) is 0. The highest BCUT2D eigenvalue weighted by atomic mass is 16.5. The highest BCUT2D eigenvalue weighted by Crippen LogP contribution is 2.25. The van der Waals surface area contributed by atoms with Gasteiger partial charge in [0.05, 0.1) is 0 Å². The average molecular weight is 276 g/mol. The van der Waals surface area contributed by atoms with Crippen molar-refractivity contribution >= 4 is 0 Å². The van der Waals surface area contributed by atoms with Gasteiger partial charge in [0, 0.05) is 5.56 Å². The van der Waals surface area contributed by atoms with Crippen molar-refractivity contribution in [2.75, 3.05) is 0 Å². The summed E-state index contributed by atoms with van der Waals surface area (Å²) in [6.45, 7) is 2.03. The van der Waals surface area contributed by atoms with E-state index in [1.54, 1.807) is 0 Å². The van der Waals surface area contributed by atoms with Crippen molar-refractivity contribution in [3.63, 3.8) is 0 Å². The highest BCUT2D eigenvalue weighted by Gasteiger charge is 2.09. The zero-order valence-electron chi connectivity index (χ0n) is 11.4. The molecule has 0 spiro atoms. The molecule has 0 aliphatic carbocycles. The van der Waals surface area contributed by atoms with E-state index in [1.165, 1.54) is 5.56 Å². The lowest BCUT2D eigenvalue weighted by molar-refractivity contribution is 0.482. The van der Waals surface area contributed by atoms with Crippen LogP contribution in [0.25, 0.3) is 11.3 Å². The first-order chi connectivity index (χ1) is 10.3. The molecule has 0 aliphatic rings. The summed E-state index contributed by atoms with van der Waals surface area (Å²) in [5, 5.41) is 19.2. The second kappa shape index (κ2) is 5.47.